The number of hydrogen-bond acceptors (Lipinski definition) is 2. The van der Waals surface area contributed by atoms with Crippen molar-refractivity contribution < 1.29 is 0 Å². The Kier molecular flexibility index (Phi) is 3.38. The van der Waals surface area contributed by atoms with Crippen molar-refractivity contribution in [3.8, 4) is 5.69 Å². The van der Waals surface area contributed by atoms with E-state index in [9.17, 15) is 0 Å². The van der Waals surface area contributed by atoms with Crippen molar-refractivity contribution in [1.29, 1.82) is 0 Å². The van der Waals surface area contributed by atoms with Crippen LogP contribution in [-0.4, -0.2) is 16.1 Å². The van der Waals surface area contributed by atoms with Gasteiger partial charge in [-0.15, -0.1) is 0 Å². The summed E-state index contributed by atoms with van der Waals surface area (Å²) in [4.78, 5) is 4.36. The molecule has 1 atom stereocenters. The van der Waals surface area contributed by atoms with Gasteiger partial charge in [-0.2, -0.15) is 0 Å². The highest BCUT2D eigenvalue weighted by molar-refractivity contribution is 5.41. The van der Waals surface area contributed by atoms with Crippen LogP contribution in [0.4, 0.5) is 0 Å². The van der Waals surface area contributed by atoms with E-state index in [1.807, 2.05) is 12.5 Å². The molecule has 2 aromatic rings. The molecule has 100 valence electrons. The van der Waals surface area contributed by atoms with Crippen molar-refractivity contribution in [1.82, 2.24) is 14.9 Å². The third-order valence-electron chi connectivity index (χ3n) is 3.82. The lowest BCUT2D eigenvalue weighted by Crippen LogP contribution is -2.28. The zero-order chi connectivity index (χ0) is 13.2. The van der Waals surface area contributed by atoms with E-state index in [0.717, 1.165) is 6.54 Å². The normalized spacial score (nSPS) is 19.6. The first kappa shape index (κ1) is 12.4. The van der Waals surface area contributed by atoms with Crippen LogP contribution in [0.2, 0.25) is 0 Å². The second-order valence-corrected chi connectivity index (χ2v) is 5.54. The molecule has 0 amide bonds. The van der Waals surface area contributed by atoms with Crippen molar-refractivity contribution in [2.24, 2.45) is 0 Å². The Morgan fingerprint density at radius 1 is 1.16 bits per heavy atom. The van der Waals surface area contributed by atoms with Gasteiger partial charge in [0.15, 0.2) is 0 Å². The van der Waals surface area contributed by atoms with Gasteiger partial charge in [0.1, 0.15) is 0 Å². The molecular weight excluding hydrogens is 234 g/mol. The summed E-state index contributed by atoms with van der Waals surface area (Å²) in [7, 11) is 0. The summed E-state index contributed by atoms with van der Waals surface area (Å²) in [6.45, 7) is 5.40. The number of aromatic nitrogens is 2. The minimum Gasteiger partial charge on any atom is -0.309 e. The number of hydrogen-bond donors (Lipinski definition) is 1. The molecule has 0 saturated carbocycles. The maximum atomic E-state index is 4.36. The molecule has 1 aliphatic rings. The number of aryl methyl sites for hydroxylation is 2. The fraction of sp³-hybridized carbons (Fsp3) is 0.438. The molecule has 1 unspecified atom stereocenters. The van der Waals surface area contributed by atoms with Gasteiger partial charge in [-0.25, -0.2) is 4.98 Å². The third-order valence-corrected chi connectivity index (χ3v) is 3.82. The monoisotopic (exact) mass is 255 g/mol. The van der Waals surface area contributed by atoms with Crippen LogP contribution in [0.5, 0.6) is 0 Å². The molecule has 1 fully saturated rings. The Labute approximate surface area is 114 Å². The van der Waals surface area contributed by atoms with E-state index in [4.69, 9.17) is 0 Å². The van der Waals surface area contributed by atoms with Crippen molar-refractivity contribution in [3.05, 3.63) is 47.5 Å². The van der Waals surface area contributed by atoms with Crippen LogP contribution in [0.3, 0.4) is 0 Å². The SMILES string of the molecule is Cc1cc(C)cc(-n2cncc2C2CCCCN2)c1. The molecule has 3 heteroatoms. The van der Waals surface area contributed by atoms with Gasteiger partial charge in [-0.3, -0.25) is 0 Å². The number of nitrogens with zero attached hydrogens (tertiary/aromatic N) is 2. The third kappa shape index (κ3) is 2.56. The van der Waals surface area contributed by atoms with Crippen LogP contribution >= 0.6 is 0 Å². The van der Waals surface area contributed by atoms with Gasteiger partial charge in [0.25, 0.3) is 0 Å². The first-order valence-corrected chi connectivity index (χ1v) is 7.08. The first-order chi connectivity index (χ1) is 9.24. The number of benzene rings is 1. The standard InChI is InChI=1S/C16H21N3/c1-12-7-13(2)9-14(8-12)19-11-17-10-16(19)15-5-3-4-6-18-15/h7-11,15,18H,3-6H2,1-2H3. The lowest BCUT2D eigenvalue weighted by atomic mass is 10.0. The summed E-state index contributed by atoms with van der Waals surface area (Å²) in [6, 6.07) is 7.10. The minimum atomic E-state index is 0.442. The molecule has 1 aromatic heterocycles. The zero-order valence-electron chi connectivity index (χ0n) is 11.7. The van der Waals surface area contributed by atoms with Gasteiger partial charge in [0, 0.05) is 11.7 Å². The topological polar surface area (TPSA) is 29.9 Å². The second-order valence-electron chi connectivity index (χ2n) is 5.54. The minimum absolute atomic E-state index is 0.442. The molecule has 3 nitrogen and oxygen atoms in total. The molecule has 0 bridgehead atoms. The highest BCUT2D eigenvalue weighted by Gasteiger charge is 2.19. The van der Waals surface area contributed by atoms with Crippen LogP contribution in [0.15, 0.2) is 30.7 Å². The predicted octanol–water partition coefficient (Wildman–Crippen LogP) is 3.30. The molecule has 19 heavy (non-hydrogen) atoms. The number of piperidine rings is 1. The maximum Gasteiger partial charge on any atom is 0.0994 e. The average molecular weight is 255 g/mol. The van der Waals surface area contributed by atoms with Crippen LogP contribution in [-0.2, 0) is 0 Å². The molecule has 1 aromatic carbocycles. The predicted molar refractivity (Wildman–Crippen MR) is 77.6 cm³/mol. The Morgan fingerprint density at radius 3 is 2.63 bits per heavy atom. The quantitative estimate of drug-likeness (QED) is 0.892. The van der Waals surface area contributed by atoms with Crippen molar-refractivity contribution in [2.45, 2.75) is 39.2 Å². The number of imidazole rings is 1. The fourth-order valence-electron chi connectivity index (χ4n) is 2.97. The van der Waals surface area contributed by atoms with Gasteiger partial charge in [0.2, 0.25) is 0 Å². The first-order valence-electron chi connectivity index (χ1n) is 7.08. The molecule has 0 radical (unpaired) electrons. The Morgan fingerprint density at radius 2 is 1.95 bits per heavy atom. The van der Waals surface area contributed by atoms with Crippen LogP contribution in [0.25, 0.3) is 5.69 Å². The summed E-state index contributed by atoms with van der Waals surface area (Å²) >= 11 is 0. The van der Waals surface area contributed by atoms with Gasteiger partial charge in [-0.1, -0.05) is 12.5 Å². The fourth-order valence-corrected chi connectivity index (χ4v) is 2.97. The van der Waals surface area contributed by atoms with E-state index in [1.54, 1.807) is 0 Å². The van der Waals surface area contributed by atoms with Crippen LogP contribution in [0.1, 0.15) is 42.1 Å². The lowest BCUT2D eigenvalue weighted by Gasteiger charge is -2.24. The summed E-state index contributed by atoms with van der Waals surface area (Å²) in [5.74, 6) is 0. The lowest BCUT2D eigenvalue weighted by molar-refractivity contribution is 0.402. The van der Waals surface area contributed by atoms with Crippen molar-refractivity contribution in [3.63, 3.8) is 0 Å². The maximum absolute atomic E-state index is 4.36. The molecule has 1 aliphatic heterocycles. The summed E-state index contributed by atoms with van der Waals surface area (Å²) < 4.78 is 2.23. The van der Waals surface area contributed by atoms with Gasteiger partial charge in [0.05, 0.1) is 18.2 Å². The van der Waals surface area contributed by atoms with Crippen LogP contribution < -0.4 is 5.32 Å². The number of rotatable bonds is 2. The van der Waals surface area contributed by atoms with E-state index in [0.29, 0.717) is 6.04 Å². The van der Waals surface area contributed by atoms with E-state index in [-0.39, 0.29) is 0 Å². The highest BCUT2D eigenvalue weighted by Crippen LogP contribution is 2.25. The Balaban J connectivity index is 1.98. The van der Waals surface area contributed by atoms with Gasteiger partial charge in [-0.05, 0) is 56.5 Å². The van der Waals surface area contributed by atoms with Crippen molar-refractivity contribution >= 4 is 0 Å². The second kappa shape index (κ2) is 5.17. The molecule has 1 N–H and O–H groups in total. The van der Waals surface area contributed by atoms with Gasteiger partial charge < -0.3 is 9.88 Å². The largest absolute Gasteiger partial charge is 0.309 e. The van der Waals surface area contributed by atoms with E-state index in [1.165, 1.54) is 41.8 Å². The molecule has 3 rings (SSSR count). The van der Waals surface area contributed by atoms with E-state index in [2.05, 4.69) is 46.9 Å². The zero-order valence-corrected chi connectivity index (χ0v) is 11.7. The van der Waals surface area contributed by atoms with E-state index >= 15 is 0 Å². The number of nitrogens with one attached hydrogen (secondary N) is 1. The summed E-state index contributed by atoms with van der Waals surface area (Å²) in [5, 5.41) is 3.60. The van der Waals surface area contributed by atoms with Crippen molar-refractivity contribution in [2.75, 3.05) is 6.54 Å². The molecular formula is C16H21N3. The molecule has 1 saturated heterocycles. The molecule has 0 aliphatic carbocycles. The highest BCUT2D eigenvalue weighted by atomic mass is 15.1. The molecule has 2 heterocycles. The average Bonchev–Trinajstić information content (AvgIpc) is 2.88. The molecule has 0 spiro atoms. The Hall–Kier alpha value is -1.61. The Bertz CT molecular complexity index is 545. The summed E-state index contributed by atoms with van der Waals surface area (Å²) in [5.41, 5.74) is 5.10. The van der Waals surface area contributed by atoms with E-state index < -0.39 is 0 Å². The van der Waals surface area contributed by atoms with Gasteiger partial charge >= 0.3 is 0 Å². The summed E-state index contributed by atoms with van der Waals surface area (Å²) in [6.07, 6.45) is 7.72. The smallest absolute Gasteiger partial charge is 0.0994 e. The van der Waals surface area contributed by atoms with Crippen LogP contribution in [0, 0.1) is 13.8 Å².